The van der Waals surface area contributed by atoms with Gasteiger partial charge in [-0.25, -0.2) is 8.42 Å². The lowest BCUT2D eigenvalue weighted by atomic mass is 10.1. The second-order valence-corrected chi connectivity index (χ2v) is 7.93. The normalized spacial score (nSPS) is 25.9. The molecule has 0 radical (unpaired) electrons. The first-order valence-electron chi connectivity index (χ1n) is 7.14. The molecule has 1 aliphatic heterocycles. The van der Waals surface area contributed by atoms with Gasteiger partial charge in [0.2, 0.25) is 0 Å². The van der Waals surface area contributed by atoms with Gasteiger partial charge in [0.15, 0.2) is 9.84 Å². The van der Waals surface area contributed by atoms with E-state index in [2.05, 4.69) is 5.32 Å². The fraction of sp³-hybridized carbons (Fsp3) is 1.00. The molecule has 1 saturated heterocycles. The molecule has 2 rings (SSSR count). The second kappa shape index (κ2) is 6.87. The third-order valence-corrected chi connectivity index (χ3v) is 5.82. The SMILES string of the molecule is O=S(=O)(CCNCC1CCOC1)CC1CCCC1. The summed E-state index contributed by atoms with van der Waals surface area (Å²) in [7, 11) is -2.85. The smallest absolute Gasteiger partial charge is 0.151 e. The van der Waals surface area contributed by atoms with Crippen molar-refractivity contribution in [3.8, 4) is 0 Å². The highest BCUT2D eigenvalue weighted by atomic mass is 32.2. The van der Waals surface area contributed by atoms with E-state index in [9.17, 15) is 8.42 Å². The Hall–Kier alpha value is -0.130. The number of sulfone groups is 1. The maximum absolute atomic E-state index is 11.9. The van der Waals surface area contributed by atoms with Crippen molar-refractivity contribution in [2.24, 2.45) is 11.8 Å². The minimum absolute atomic E-state index is 0.289. The molecule has 0 amide bonds. The topological polar surface area (TPSA) is 55.4 Å². The lowest BCUT2D eigenvalue weighted by Gasteiger charge is -2.12. The molecule has 1 N–H and O–H groups in total. The molecular formula is C13H25NO3S. The maximum atomic E-state index is 11.9. The van der Waals surface area contributed by atoms with Gasteiger partial charge in [0, 0.05) is 19.7 Å². The van der Waals surface area contributed by atoms with E-state index in [0.717, 1.165) is 39.0 Å². The van der Waals surface area contributed by atoms with Crippen molar-refractivity contribution in [2.45, 2.75) is 32.1 Å². The minimum Gasteiger partial charge on any atom is -0.381 e. The average Bonchev–Trinajstić information content (AvgIpc) is 2.96. The predicted octanol–water partition coefficient (Wildman–Crippen LogP) is 1.22. The molecule has 1 unspecified atom stereocenters. The molecule has 0 bridgehead atoms. The van der Waals surface area contributed by atoms with Gasteiger partial charge in [-0.1, -0.05) is 12.8 Å². The highest BCUT2D eigenvalue weighted by molar-refractivity contribution is 7.91. The van der Waals surface area contributed by atoms with Gasteiger partial charge in [-0.15, -0.1) is 0 Å². The van der Waals surface area contributed by atoms with E-state index < -0.39 is 9.84 Å². The zero-order valence-electron chi connectivity index (χ0n) is 11.1. The van der Waals surface area contributed by atoms with Crippen LogP contribution < -0.4 is 5.32 Å². The molecule has 2 fully saturated rings. The lowest BCUT2D eigenvalue weighted by Crippen LogP contribution is -2.30. The molecule has 1 heterocycles. The van der Waals surface area contributed by atoms with Gasteiger partial charge in [-0.3, -0.25) is 0 Å². The van der Waals surface area contributed by atoms with Crippen LogP contribution in [-0.2, 0) is 14.6 Å². The van der Waals surface area contributed by atoms with Gasteiger partial charge in [-0.2, -0.15) is 0 Å². The number of ether oxygens (including phenoxy) is 1. The Morgan fingerprint density at radius 2 is 1.89 bits per heavy atom. The summed E-state index contributed by atoms with van der Waals surface area (Å²) in [5.74, 6) is 1.69. The number of hydrogen-bond acceptors (Lipinski definition) is 4. The summed E-state index contributed by atoms with van der Waals surface area (Å²) in [6.07, 6.45) is 5.72. The van der Waals surface area contributed by atoms with Crippen molar-refractivity contribution in [3.05, 3.63) is 0 Å². The van der Waals surface area contributed by atoms with E-state index in [1.54, 1.807) is 0 Å². The van der Waals surface area contributed by atoms with E-state index in [4.69, 9.17) is 4.74 Å². The van der Waals surface area contributed by atoms with Crippen LogP contribution in [0.15, 0.2) is 0 Å². The van der Waals surface area contributed by atoms with Crippen LogP contribution in [0, 0.1) is 11.8 Å². The molecule has 0 aromatic rings. The molecule has 1 saturated carbocycles. The summed E-state index contributed by atoms with van der Waals surface area (Å²) < 4.78 is 29.1. The third-order valence-electron chi connectivity index (χ3n) is 4.01. The Labute approximate surface area is 110 Å². The van der Waals surface area contributed by atoms with Crippen molar-refractivity contribution in [3.63, 3.8) is 0 Å². The molecule has 0 aromatic heterocycles. The molecule has 0 aromatic carbocycles. The molecule has 1 aliphatic carbocycles. The van der Waals surface area contributed by atoms with Crippen LogP contribution in [0.4, 0.5) is 0 Å². The van der Waals surface area contributed by atoms with E-state index in [1.165, 1.54) is 12.8 Å². The van der Waals surface area contributed by atoms with Gasteiger partial charge in [0.05, 0.1) is 18.1 Å². The zero-order valence-corrected chi connectivity index (χ0v) is 11.9. The van der Waals surface area contributed by atoms with Gasteiger partial charge in [0.25, 0.3) is 0 Å². The van der Waals surface area contributed by atoms with Crippen molar-refractivity contribution in [2.75, 3.05) is 37.8 Å². The van der Waals surface area contributed by atoms with Crippen molar-refractivity contribution in [1.82, 2.24) is 5.32 Å². The largest absolute Gasteiger partial charge is 0.381 e. The Kier molecular flexibility index (Phi) is 5.45. The summed E-state index contributed by atoms with van der Waals surface area (Å²) in [4.78, 5) is 0. The highest BCUT2D eigenvalue weighted by Crippen LogP contribution is 2.26. The number of rotatable bonds is 7. The minimum atomic E-state index is -2.85. The fourth-order valence-corrected chi connectivity index (χ4v) is 4.57. The molecule has 5 heteroatoms. The van der Waals surface area contributed by atoms with Gasteiger partial charge >= 0.3 is 0 Å². The molecule has 18 heavy (non-hydrogen) atoms. The van der Waals surface area contributed by atoms with E-state index >= 15 is 0 Å². The van der Waals surface area contributed by atoms with Crippen molar-refractivity contribution in [1.29, 1.82) is 0 Å². The Bertz CT molecular complexity index is 330. The standard InChI is InChI=1S/C13H25NO3S/c15-18(16,11-12-3-1-2-4-12)8-6-14-9-13-5-7-17-10-13/h12-14H,1-11H2. The Morgan fingerprint density at radius 3 is 2.56 bits per heavy atom. The summed E-state index contributed by atoms with van der Waals surface area (Å²) in [6.45, 7) is 3.15. The second-order valence-electron chi connectivity index (χ2n) is 5.70. The fourth-order valence-electron chi connectivity index (χ4n) is 2.90. The van der Waals surface area contributed by atoms with Crippen molar-refractivity contribution >= 4 is 9.84 Å². The predicted molar refractivity (Wildman–Crippen MR) is 72.4 cm³/mol. The molecule has 2 aliphatic rings. The lowest BCUT2D eigenvalue weighted by molar-refractivity contribution is 0.185. The molecule has 1 atom stereocenters. The van der Waals surface area contributed by atoms with E-state index in [0.29, 0.717) is 24.1 Å². The van der Waals surface area contributed by atoms with Crippen molar-refractivity contribution < 1.29 is 13.2 Å². The van der Waals surface area contributed by atoms with Crippen LogP contribution in [0.25, 0.3) is 0 Å². The van der Waals surface area contributed by atoms with Gasteiger partial charge in [0.1, 0.15) is 0 Å². The quantitative estimate of drug-likeness (QED) is 0.710. The molecule has 4 nitrogen and oxygen atoms in total. The van der Waals surface area contributed by atoms with Gasteiger partial charge in [-0.05, 0) is 31.1 Å². The number of nitrogens with one attached hydrogen (secondary N) is 1. The summed E-state index contributed by atoms with van der Waals surface area (Å²) >= 11 is 0. The van der Waals surface area contributed by atoms with Crippen LogP contribution in [0.3, 0.4) is 0 Å². The first-order chi connectivity index (χ1) is 8.66. The third kappa shape index (κ3) is 4.86. The maximum Gasteiger partial charge on any atom is 0.151 e. The number of hydrogen-bond donors (Lipinski definition) is 1. The highest BCUT2D eigenvalue weighted by Gasteiger charge is 2.22. The first-order valence-corrected chi connectivity index (χ1v) is 8.97. The molecule has 106 valence electrons. The van der Waals surface area contributed by atoms with Crippen LogP contribution >= 0.6 is 0 Å². The Morgan fingerprint density at radius 1 is 1.11 bits per heavy atom. The summed E-state index contributed by atoms with van der Waals surface area (Å²) in [5, 5.41) is 3.25. The van der Waals surface area contributed by atoms with Crippen LogP contribution in [0.1, 0.15) is 32.1 Å². The Balaban J connectivity index is 1.59. The summed E-state index contributed by atoms with van der Waals surface area (Å²) in [6, 6.07) is 0. The van der Waals surface area contributed by atoms with E-state index in [1.807, 2.05) is 0 Å². The zero-order chi connectivity index (χ0) is 12.8. The average molecular weight is 275 g/mol. The van der Waals surface area contributed by atoms with Crippen LogP contribution in [0.2, 0.25) is 0 Å². The first kappa shape index (κ1) is 14.3. The van der Waals surface area contributed by atoms with E-state index in [-0.39, 0.29) is 5.75 Å². The van der Waals surface area contributed by atoms with Crippen LogP contribution in [0.5, 0.6) is 0 Å². The summed E-state index contributed by atoms with van der Waals surface area (Å²) in [5.41, 5.74) is 0. The monoisotopic (exact) mass is 275 g/mol. The van der Waals surface area contributed by atoms with Gasteiger partial charge < -0.3 is 10.1 Å². The molecule has 0 spiro atoms. The molecular weight excluding hydrogens is 250 g/mol. The van der Waals surface area contributed by atoms with Crippen LogP contribution in [-0.4, -0.2) is 46.2 Å².